The molecule has 2 N–H and O–H groups in total. The van der Waals surface area contributed by atoms with Gasteiger partial charge < -0.3 is 29.1 Å². The molecule has 1 unspecified atom stereocenters. The van der Waals surface area contributed by atoms with E-state index in [0.29, 0.717) is 54.5 Å². The number of methoxy groups -OCH3 is 4. The lowest BCUT2D eigenvalue weighted by molar-refractivity contribution is -0.155. The average molecular weight is 523 g/mol. The minimum Gasteiger partial charge on any atom is -0.493 e. The van der Waals surface area contributed by atoms with Crippen LogP contribution in [0.1, 0.15) is 22.6 Å². The topological polar surface area (TPSA) is 104 Å². The third-order valence-corrected chi connectivity index (χ3v) is 5.93. The van der Waals surface area contributed by atoms with E-state index >= 15 is 0 Å². The zero-order valence-electron chi connectivity index (χ0n) is 22.1. The van der Waals surface area contributed by atoms with Gasteiger partial charge in [0.15, 0.2) is 28.9 Å². The van der Waals surface area contributed by atoms with Crippen molar-refractivity contribution >= 4 is 11.9 Å². The van der Waals surface area contributed by atoms with Crippen molar-refractivity contribution in [3.8, 4) is 23.0 Å². The normalized spacial score (nSPS) is 11.3. The Morgan fingerprint density at radius 2 is 1.21 bits per heavy atom. The lowest BCUT2D eigenvalue weighted by Gasteiger charge is -2.17. The number of hydrogen-bond donors (Lipinski definition) is 2. The van der Waals surface area contributed by atoms with Gasteiger partial charge in [-0.05, 0) is 53.8 Å². The summed E-state index contributed by atoms with van der Waals surface area (Å²) in [6.45, 7) is 0.682. The molecule has 9 nitrogen and oxygen atoms in total. The number of hydrogen-bond acceptors (Lipinski definition) is 8. The van der Waals surface area contributed by atoms with E-state index in [2.05, 4.69) is 10.8 Å². The second-order valence-electron chi connectivity index (χ2n) is 8.33. The quantitative estimate of drug-likeness (QED) is 0.189. The number of carbonyl (C=O) groups is 2. The second-order valence-corrected chi connectivity index (χ2v) is 8.33. The Morgan fingerprint density at radius 3 is 1.74 bits per heavy atom. The average Bonchev–Trinajstić information content (AvgIpc) is 2.95. The summed E-state index contributed by atoms with van der Waals surface area (Å²) in [7, 11) is 6.30. The summed E-state index contributed by atoms with van der Waals surface area (Å²) in [5, 5.41) is 2.85. The summed E-state index contributed by atoms with van der Waals surface area (Å²) in [5.74, 6) is 0.257. The molecule has 1 atom stereocenters. The predicted octanol–water partition coefficient (Wildman–Crippen LogP) is 3.45. The molecule has 3 aromatic rings. The maximum absolute atomic E-state index is 13.1. The van der Waals surface area contributed by atoms with Crippen molar-refractivity contribution in [1.82, 2.24) is 10.8 Å². The first-order valence-electron chi connectivity index (χ1n) is 12.2. The molecular formula is C29H34N2O7. The van der Waals surface area contributed by atoms with Gasteiger partial charge in [-0.3, -0.25) is 4.79 Å². The highest BCUT2D eigenvalue weighted by Gasteiger charge is 2.30. The summed E-state index contributed by atoms with van der Waals surface area (Å²) in [6, 6.07) is 20.0. The first-order valence-corrected chi connectivity index (χ1v) is 12.2. The van der Waals surface area contributed by atoms with Gasteiger partial charge in [0.1, 0.15) is 0 Å². The Kier molecular flexibility index (Phi) is 10.8. The van der Waals surface area contributed by atoms with Gasteiger partial charge in [-0.25, -0.2) is 4.79 Å². The monoisotopic (exact) mass is 522 g/mol. The number of rotatable bonds is 14. The Morgan fingerprint density at radius 1 is 0.684 bits per heavy atom. The molecule has 0 radical (unpaired) electrons. The fourth-order valence-corrected chi connectivity index (χ4v) is 3.92. The van der Waals surface area contributed by atoms with Gasteiger partial charge >= 0.3 is 5.97 Å². The Bertz CT molecular complexity index is 1200. The third kappa shape index (κ3) is 7.63. The molecule has 0 aliphatic rings. The molecule has 0 fully saturated rings. The standard InChI is InChI=1S/C29H34N2O7/c1-34-23-12-10-20(18-25(23)36-3)14-16-30-28(32)27(22-8-6-5-7-9-22)29(33)38-31-17-15-21-11-13-24(35-2)26(19-21)37-4/h5-13,18-19,27,31H,14-17H2,1-4H3,(H,30,32). The molecule has 0 aliphatic heterocycles. The van der Waals surface area contributed by atoms with Gasteiger partial charge in [-0.15, -0.1) is 0 Å². The van der Waals surface area contributed by atoms with Crippen LogP contribution in [0.15, 0.2) is 66.7 Å². The number of ether oxygens (including phenoxy) is 4. The summed E-state index contributed by atoms with van der Waals surface area (Å²) in [6.07, 6.45) is 1.12. The fraction of sp³-hybridized carbons (Fsp3) is 0.310. The number of nitrogens with one attached hydrogen (secondary N) is 2. The molecule has 0 bridgehead atoms. The summed E-state index contributed by atoms with van der Waals surface area (Å²) in [5.41, 5.74) is 5.16. The van der Waals surface area contributed by atoms with Gasteiger partial charge in [-0.2, -0.15) is 5.48 Å². The van der Waals surface area contributed by atoms with Crippen LogP contribution in [0.5, 0.6) is 23.0 Å². The molecule has 3 aromatic carbocycles. The van der Waals surface area contributed by atoms with Crippen molar-refractivity contribution in [1.29, 1.82) is 0 Å². The van der Waals surface area contributed by atoms with Gasteiger partial charge in [0.05, 0.1) is 28.4 Å². The summed E-state index contributed by atoms with van der Waals surface area (Å²) < 4.78 is 21.2. The molecular weight excluding hydrogens is 488 g/mol. The van der Waals surface area contributed by atoms with E-state index in [1.165, 1.54) is 0 Å². The van der Waals surface area contributed by atoms with Crippen molar-refractivity contribution in [2.75, 3.05) is 41.5 Å². The van der Waals surface area contributed by atoms with Crippen LogP contribution in [0, 0.1) is 0 Å². The Balaban J connectivity index is 1.57. The predicted molar refractivity (Wildman–Crippen MR) is 143 cm³/mol. The van der Waals surface area contributed by atoms with E-state index in [4.69, 9.17) is 23.8 Å². The van der Waals surface area contributed by atoms with Gasteiger partial charge in [-0.1, -0.05) is 42.5 Å². The first-order chi connectivity index (χ1) is 18.5. The van der Waals surface area contributed by atoms with E-state index in [-0.39, 0.29) is 0 Å². The van der Waals surface area contributed by atoms with Crippen LogP contribution in [-0.2, 0) is 27.3 Å². The number of benzene rings is 3. The van der Waals surface area contributed by atoms with E-state index in [1.54, 1.807) is 52.7 Å². The van der Waals surface area contributed by atoms with Crippen LogP contribution in [0.25, 0.3) is 0 Å². The Labute approximate surface area is 223 Å². The van der Waals surface area contributed by atoms with Crippen LogP contribution >= 0.6 is 0 Å². The molecule has 0 heterocycles. The molecule has 38 heavy (non-hydrogen) atoms. The smallest absolute Gasteiger partial charge is 0.341 e. The largest absolute Gasteiger partial charge is 0.493 e. The number of amides is 1. The molecule has 202 valence electrons. The molecule has 0 saturated heterocycles. The summed E-state index contributed by atoms with van der Waals surface area (Å²) >= 11 is 0. The number of carbonyl (C=O) groups excluding carboxylic acids is 2. The van der Waals surface area contributed by atoms with Crippen molar-refractivity contribution in [3.05, 3.63) is 83.4 Å². The maximum atomic E-state index is 13.1. The van der Waals surface area contributed by atoms with E-state index < -0.39 is 17.8 Å². The fourth-order valence-electron chi connectivity index (χ4n) is 3.92. The lowest BCUT2D eigenvalue weighted by atomic mass is 9.98. The first kappa shape index (κ1) is 28.3. The van der Waals surface area contributed by atoms with Crippen LogP contribution < -0.4 is 29.7 Å². The van der Waals surface area contributed by atoms with Crippen molar-refractivity contribution < 1.29 is 33.4 Å². The van der Waals surface area contributed by atoms with E-state index in [9.17, 15) is 9.59 Å². The lowest BCUT2D eigenvalue weighted by Crippen LogP contribution is -2.37. The van der Waals surface area contributed by atoms with Crippen molar-refractivity contribution in [2.45, 2.75) is 18.8 Å². The van der Waals surface area contributed by atoms with Crippen LogP contribution in [0.4, 0.5) is 0 Å². The highest BCUT2D eigenvalue weighted by atomic mass is 16.7. The van der Waals surface area contributed by atoms with E-state index in [0.717, 1.165) is 11.1 Å². The molecule has 0 aromatic heterocycles. The minimum absolute atomic E-state index is 0.331. The number of hydroxylamine groups is 1. The molecule has 0 saturated carbocycles. The molecule has 3 rings (SSSR count). The molecule has 1 amide bonds. The molecule has 0 aliphatic carbocycles. The second kappa shape index (κ2) is 14.5. The SMILES string of the molecule is COc1ccc(CCNOC(=O)C(C(=O)NCCc2ccc(OC)c(OC)c2)c2ccccc2)cc1OC. The van der Waals surface area contributed by atoms with Crippen LogP contribution in [-0.4, -0.2) is 53.4 Å². The zero-order chi connectivity index (χ0) is 27.3. The molecule has 9 heteroatoms. The van der Waals surface area contributed by atoms with Crippen molar-refractivity contribution in [3.63, 3.8) is 0 Å². The zero-order valence-corrected chi connectivity index (χ0v) is 22.1. The highest BCUT2D eigenvalue weighted by Crippen LogP contribution is 2.28. The van der Waals surface area contributed by atoms with Gasteiger partial charge in [0.2, 0.25) is 5.91 Å². The summed E-state index contributed by atoms with van der Waals surface area (Å²) in [4.78, 5) is 31.3. The van der Waals surface area contributed by atoms with Crippen molar-refractivity contribution in [2.24, 2.45) is 0 Å². The van der Waals surface area contributed by atoms with E-state index in [1.807, 2.05) is 42.5 Å². The molecule has 0 spiro atoms. The third-order valence-electron chi connectivity index (χ3n) is 5.93. The minimum atomic E-state index is -1.12. The van der Waals surface area contributed by atoms with Gasteiger partial charge in [0.25, 0.3) is 0 Å². The highest BCUT2D eigenvalue weighted by molar-refractivity contribution is 6.03. The Hall–Kier alpha value is -4.24. The van der Waals surface area contributed by atoms with Crippen LogP contribution in [0.2, 0.25) is 0 Å². The van der Waals surface area contributed by atoms with Gasteiger partial charge in [0, 0.05) is 13.1 Å². The van der Waals surface area contributed by atoms with Crippen LogP contribution in [0.3, 0.4) is 0 Å². The maximum Gasteiger partial charge on any atom is 0.341 e.